The van der Waals surface area contributed by atoms with Gasteiger partial charge in [0.25, 0.3) is 5.91 Å². The predicted molar refractivity (Wildman–Crippen MR) is 97.8 cm³/mol. The number of esters is 1. The molecule has 1 amide bonds. The summed E-state index contributed by atoms with van der Waals surface area (Å²) in [5, 5.41) is 2.19. The first-order chi connectivity index (χ1) is 13.0. The highest BCUT2D eigenvalue weighted by Crippen LogP contribution is 2.24. The molecule has 0 radical (unpaired) electrons. The quantitative estimate of drug-likeness (QED) is 0.630. The van der Waals surface area contributed by atoms with Crippen molar-refractivity contribution in [2.24, 2.45) is 5.73 Å². The van der Waals surface area contributed by atoms with E-state index in [1.165, 1.54) is 23.5 Å². The molecule has 138 valence electrons. The van der Waals surface area contributed by atoms with Gasteiger partial charge in [0.05, 0.1) is 0 Å². The number of benzene rings is 2. The van der Waals surface area contributed by atoms with Crippen molar-refractivity contribution >= 4 is 23.2 Å². The number of carbonyl (C=O) groups is 2. The van der Waals surface area contributed by atoms with E-state index in [-0.39, 0.29) is 24.7 Å². The van der Waals surface area contributed by atoms with Gasteiger partial charge in [0.2, 0.25) is 0 Å². The number of primary amides is 1. The van der Waals surface area contributed by atoms with E-state index in [0.717, 1.165) is 5.56 Å². The number of nitrogens with two attached hydrogens (primary N) is 1. The first kappa shape index (κ1) is 18.5. The van der Waals surface area contributed by atoms with Crippen LogP contribution in [0.3, 0.4) is 0 Å². The van der Waals surface area contributed by atoms with Crippen molar-refractivity contribution in [3.05, 3.63) is 71.0 Å². The Balaban J connectivity index is 1.60. The van der Waals surface area contributed by atoms with Crippen LogP contribution in [0.4, 0.5) is 4.39 Å². The van der Waals surface area contributed by atoms with Crippen molar-refractivity contribution in [1.82, 2.24) is 4.98 Å². The van der Waals surface area contributed by atoms with E-state index in [9.17, 15) is 14.0 Å². The molecular formula is C19H15FN2O4S. The van der Waals surface area contributed by atoms with Crippen molar-refractivity contribution in [3.63, 3.8) is 0 Å². The maximum absolute atomic E-state index is 13.0. The van der Waals surface area contributed by atoms with Gasteiger partial charge in [0, 0.05) is 10.9 Å². The molecule has 1 heterocycles. The van der Waals surface area contributed by atoms with E-state index >= 15 is 0 Å². The minimum atomic E-state index is -0.577. The number of halogens is 1. The second-order valence-corrected chi connectivity index (χ2v) is 6.38. The Bertz CT molecular complexity index is 956. The van der Waals surface area contributed by atoms with Gasteiger partial charge in [-0.3, -0.25) is 4.79 Å². The molecule has 0 aliphatic rings. The maximum atomic E-state index is 13.0. The highest BCUT2D eigenvalue weighted by Gasteiger charge is 2.14. The zero-order valence-electron chi connectivity index (χ0n) is 14.1. The van der Waals surface area contributed by atoms with E-state index in [0.29, 0.717) is 16.3 Å². The summed E-state index contributed by atoms with van der Waals surface area (Å²) in [7, 11) is 0. The van der Waals surface area contributed by atoms with Gasteiger partial charge in [-0.2, -0.15) is 0 Å². The van der Waals surface area contributed by atoms with Gasteiger partial charge < -0.3 is 15.2 Å². The van der Waals surface area contributed by atoms with Crippen LogP contribution in [0.5, 0.6) is 5.75 Å². The van der Waals surface area contributed by atoms with Crippen LogP contribution in [0.25, 0.3) is 10.6 Å². The van der Waals surface area contributed by atoms with Gasteiger partial charge in [-0.1, -0.05) is 12.1 Å². The molecule has 0 fully saturated rings. The third-order valence-corrected chi connectivity index (χ3v) is 4.35. The lowest BCUT2D eigenvalue weighted by atomic mass is 10.2. The van der Waals surface area contributed by atoms with Gasteiger partial charge in [-0.15, -0.1) is 11.3 Å². The fourth-order valence-corrected chi connectivity index (χ4v) is 2.99. The molecule has 2 N–H and O–H groups in total. The number of hydrogen-bond acceptors (Lipinski definition) is 6. The second-order valence-electron chi connectivity index (χ2n) is 5.52. The van der Waals surface area contributed by atoms with E-state index in [1.807, 2.05) is 0 Å². The van der Waals surface area contributed by atoms with Crippen LogP contribution >= 0.6 is 11.3 Å². The molecule has 0 bridgehead atoms. The van der Waals surface area contributed by atoms with Crippen molar-refractivity contribution in [2.75, 3.05) is 6.61 Å². The number of aromatic nitrogens is 1. The fourth-order valence-electron chi connectivity index (χ4n) is 2.19. The molecule has 0 aliphatic carbocycles. The molecule has 0 saturated heterocycles. The SMILES string of the molecule is NC(=O)COc1cccc(COC(=O)c2csc(-c3ccc(F)cc3)n2)c1. The Kier molecular flexibility index (Phi) is 5.77. The topological polar surface area (TPSA) is 91.5 Å². The van der Waals surface area contributed by atoms with Crippen LogP contribution in [0, 0.1) is 5.82 Å². The van der Waals surface area contributed by atoms with Crippen molar-refractivity contribution in [3.8, 4) is 16.3 Å². The number of ether oxygens (including phenoxy) is 2. The summed E-state index contributed by atoms with van der Waals surface area (Å²) in [5.74, 6) is -1.03. The first-order valence-electron chi connectivity index (χ1n) is 7.90. The van der Waals surface area contributed by atoms with Crippen molar-refractivity contribution in [1.29, 1.82) is 0 Å². The van der Waals surface area contributed by atoms with E-state index in [4.69, 9.17) is 15.2 Å². The molecule has 6 nitrogen and oxygen atoms in total. The minimum absolute atomic E-state index is 0.0238. The number of rotatable bonds is 7. The molecule has 27 heavy (non-hydrogen) atoms. The Hall–Kier alpha value is -3.26. The Labute approximate surface area is 158 Å². The lowest BCUT2D eigenvalue weighted by Crippen LogP contribution is -2.20. The summed E-state index contributed by atoms with van der Waals surface area (Å²) >= 11 is 1.27. The summed E-state index contributed by atoms with van der Waals surface area (Å²) < 4.78 is 23.5. The molecule has 0 atom stereocenters. The average molecular weight is 386 g/mol. The molecule has 3 rings (SSSR count). The normalized spacial score (nSPS) is 10.4. The van der Waals surface area contributed by atoms with E-state index in [2.05, 4.69) is 4.98 Å². The monoisotopic (exact) mass is 386 g/mol. The van der Waals surface area contributed by atoms with Crippen LogP contribution in [-0.4, -0.2) is 23.5 Å². The van der Waals surface area contributed by atoms with Gasteiger partial charge in [0.1, 0.15) is 23.2 Å². The summed E-state index contributed by atoms with van der Waals surface area (Å²) in [4.78, 5) is 27.2. The Morgan fingerprint density at radius 3 is 2.67 bits per heavy atom. The van der Waals surface area contributed by atoms with Crippen LogP contribution in [0.2, 0.25) is 0 Å². The molecule has 0 spiro atoms. The van der Waals surface area contributed by atoms with Crippen LogP contribution < -0.4 is 10.5 Å². The van der Waals surface area contributed by atoms with Crippen molar-refractivity contribution < 1.29 is 23.5 Å². The lowest BCUT2D eigenvalue weighted by molar-refractivity contribution is -0.119. The van der Waals surface area contributed by atoms with Gasteiger partial charge in [-0.05, 0) is 42.0 Å². The first-order valence-corrected chi connectivity index (χ1v) is 8.78. The molecule has 3 aromatic rings. The zero-order valence-corrected chi connectivity index (χ0v) is 14.9. The second kappa shape index (κ2) is 8.41. The maximum Gasteiger partial charge on any atom is 0.358 e. The standard InChI is InChI=1S/C19H15FN2O4S/c20-14-6-4-13(5-7-14)18-22-16(11-27-18)19(24)26-9-12-2-1-3-15(8-12)25-10-17(21)23/h1-8,11H,9-10H2,(H2,21,23). The number of thiazole rings is 1. The van der Waals surface area contributed by atoms with Crippen LogP contribution in [-0.2, 0) is 16.1 Å². The fraction of sp³-hybridized carbons (Fsp3) is 0.105. The lowest BCUT2D eigenvalue weighted by Gasteiger charge is -2.07. The summed E-state index contributed by atoms with van der Waals surface area (Å²) in [6, 6.07) is 12.7. The van der Waals surface area contributed by atoms with E-state index < -0.39 is 11.9 Å². The van der Waals surface area contributed by atoms with Crippen molar-refractivity contribution in [2.45, 2.75) is 6.61 Å². The number of nitrogens with zero attached hydrogens (tertiary/aromatic N) is 1. The third kappa shape index (κ3) is 5.11. The average Bonchev–Trinajstić information content (AvgIpc) is 3.16. The molecule has 8 heteroatoms. The minimum Gasteiger partial charge on any atom is -0.484 e. The van der Waals surface area contributed by atoms with Gasteiger partial charge in [-0.25, -0.2) is 14.2 Å². The molecule has 2 aromatic carbocycles. The number of carbonyl (C=O) groups excluding carboxylic acids is 2. The summed E-state index contributed by atoms with van der Waals surface area (Å²) in [6.07, 6.45) is 0. The molecule has 1 aromatic heterocycles. The largest absolute Gasteiger partial charge is 0.484 e. The molecular weight excluding hydrogens is 371 g/mol. The van der Waals surface area contributed by atoms with Gasteiger partial charge >= 0.3 is 5.97 Å². The molecule has 0 unspecified atom stereocenters. The van der Waals surface area contributed by atoms with Crippen LogP contribution in [0.1, 0.15) is 16.1 Å². The summed E-state index contributed by atoms with van der Waals surface area (Å²) in [6.45, 7) is -0.204. The number of amides is 1. The van der Waals surface area contributed by atoms with E-state index in [1.54, 1.807) is 41.8 Å². The van der Waals surface area contributed by atoms with Crippen LogP contribution in [0.15, 0.2) is 53.9 Å². The highest BCUT2D eigenvalue weighted by molar-refractivity contribution is 7.13. The number of hydrogen-bond donors (Lipinski definition) is 1. The molecule has 0 saturated carbocycles. The predicted octanol–water partition coefficient (Wildman–Crippen LogP) is 3.17. The smallest absolute Gasteiger partial charge is 0.358 e. The van der Waals surface area contributed by atoms with Gasteiger partial charge in [0.15, 0.2) is 12.3 Å². The third-order valence-electron chi connectivity index (χ3n) is 3.45. The zero-order chi connectivity index (χ0) is 19.2. The highest BCUT2D eigenvalue weighted by atomic mass is 32.1. The summed E-state index contributed by atoms with van der Waals surface area (Å²) in [5.41, 5.74) is 6.63. The Morgan fingerprint density at radius 2 is 1.93 bits per heavy atom. The Morgan fingerprint density at radius 1 is 1.15 bits per heavy atom. The molecule has 0 aliphatic heterocycles.